The largest absolute Gasteiger partial charge is 0.496 e. The predicted octanol–water partition coefficient (Wildman–Crippen LogP) is 3.14. The second-order valence-corrected chi connectivity index (χ2v) is 23.3. The maximum absolute atomic E-state index is 14.3. The first-order valence-corrected chi connectivity index (χ1v) is 28.8. The highest BCUT2D eigenvalue weighted by molar-refractivity contribution is 8.08. The number of carbonyl (C=O) groups is 8. The van der Waals surface area contributed by atoms with E-state index in [9.17, 15) is 38.4 Å². The lowest BCUT2D eigenvalue weighted by molar-refractivity contribution is -0.118. The van der Waals surface area contributed by atoms with E-state index >= 15 is 0 Å². The molecule has 4 aromatic carbocycles. The van der Waals surface area contributed by atoms with Crippen molar-refractivity contribution < 1.29 is 57.3 Å². The first-order valence-electron chi connectivity index (χ1n) is 27.0. The number of nitrogens with one attached hydrogen (secondary N) is 7. The molecule has 0 bridgehead atoms. The van der Waals surface area contributed by atoms with Gasteiger partial charge in [-0.15, -0.1) is 0 Å². The number of primary amides is 1. The van der Waals surface area contributed by atoms with Crippen LogP contribution in [0.3, 0.4) is 0 Å². The molecule has 19 N–H and O–H groups in total. The average Bonchev–Trinajstić information content (AvgIpc) is 3.17. The van der Waals surface area contributed by atoms with Crippen molar-refractivity contribution in [2.75, 3.05) is 75.9 Å². The van der Waals surface area contributed by atoms with Crippen LogP contribution in [-0.2, 0) is 19.2 Å². The number of anilines is 4. The first-order chi connectivity index (χ1) is 40.4. The van der Waals surface area contributed by atoms with E-state index in [1.807, 2.05) is 0 Å². The van der Waals surface area contributed by atoms with Crippen LogP contribution >= 0.6 is 50.5 Å². The Balaban J connectivity index is 1.55. The van der Waals surface area contributed by atoms with E-state index in [1.165, 1.54) is 101 Å². The highest BCUT2D eigenvalue weighted by Crippen LogP contribution is 2.44. The molecule has 0 aliphatic carbocycles. The monoisotopic (exact) mass is 1250 g/mol. The molecule has 464 valence electrons. The van der Waals surface area contributed by atoms with Crippen molar-refractivity contribution >= 4 is 121 Å². The summed E-state index contributed by atoms with van der Waals surface area (Å²) in [5.41, 5.74) is 35.4. The van der Waals surface area contributed by atoms with Gasteiger partial charge < -0.3 is 90.6 Å². The number of hydrogen-bond donors (Lipinski definition) is 17. The van der Waals surface area contributed by atoms with Gasteiger partial charge >= 0.3 is 0 Å². The van der Waals surface area contributed by atoms with Crippen molar-refractivity contribution in [3.8, 4) is 23.0 Å². The third-order valence-corrected chi connectivity index (χ3v) is 16.3. The Morgan fingerprint density at radius 3 is 0.988 bits per heavy atom. The Morgan fingerprint density at radius 1 is 0.435 bits per heavy atom. The molecule has 0 heterocycles. The van der Waals surface area contributed by atoms with E-state index in [1.54, 1.807) is 0 Å². The minimum Gasteiger partial charge on any atom is -0.496 e. The fourth-order valence-electron chi connectivity index (χ4n) is 8.51. The van der Waals surface area contributed by atoms with Gasteiger partial charge in [0.2, 0.25) is 23.6 Å². The predicted molar refractivity (Wildman–Crippen MR) is 341 cm³/mol. The van der Waals surface area contributed by atoms with E-state index in [0.29, 0.717) is 58.2 Å². The molecule has 4 atom stereocenters. The number of unbranched alkanes of at least 4 members (excludes halogenated alkanes) is 3. The van der Waals surface area contributed by atoms with Crippen LogP contribution in [0.15, 0.2) is 72.8 Å². The van der Waals surface area contributed by atoms with Gasteiger partial charge in [-0.3, -0.25) is 38.4 Å². The topological polar surface area (TPSA) is 414 Å². The number of thiol groups is 4. The Bertz CT molecular complexity index is 2990. The quantitative estimate of drug-likeness (QED) is 0.0179. The first kappa shape index (κ1) is 70.5. The van der Waals surface area contributed by atoms with Gasteiger partial charge in [0, 0.05) is 29.3 Å². The van der Waals surface area contributed by atoms with Crippen LogP contribution in [0.5, 0.6) is 23.0 Å². The molecule has 0 aliphatic heterocycles. The number of benzene rings is 4. The Morgan fingerprint density at radius 2 is 0.718 bits per heavy atom. The lowest BCUT2D eigenvalue weighted by Gasteiger charge is -2.38. The maximum Gasteiger partial charge on any atom is 0.255 e. The van der Waals surface area contributed by atoms with Gasteiger partial charge in [0.1, 0.15) is 41.1 Å². The standard InChI is InChI=1S/C56H79N13O12S4/c1-78-43-18-14-31(25-35(43)47(62)70)64-52(75)40(11-5-8-22-57)67-49(72)37-27-33(16-20-45(37)80-3)66-54(77)42(13-7-10-24-59)69-50(73)38-28-34(17-21-46(38)81-4)65-53(76)41(12-6-9-23-58)68-48(71)36-26-32(15-19-44(36)79-2)63-51(74)39(61)29-55(82,83)56(84,85)30-60/h14-21,25-28,39-42,82-85H,5-13,22-24,29-30,57-61H2,1-4H3,(H2,62,70)(H,63,74)(H,64,75)(H,65,76)(H,66,77)(H,67,72)(H,68,71)(H,69,73)/t39-,40-,41-,42-/m0/s1. The Kier molecular flexibility index (Phi) is 28.4. The molecule has 0 saturated heterocycles. The summed E-state index contributed by atoms with van der Waals surface area (Å²) in [5, 5.41) is 19.2. The molecule has 29 heteroatoms. The van der Waals surface area contributed by atoms with Crippen molar-refractivity contribution in [3.63, 3.8) is 0 Å². The van der Waals surface area contributed by atoms with Crippen LogP contribution in [0.1, 0.15) is 106 Å². The molecular weight excluding hydrogens is 1170 g/mol. The second-order valence-electron chi connectivity index (χ2n) is 19.6. The van der Waals surface area contributed by atoms with Gasteiger partial charge in [-0.2, -0.15) is 50.5 Å². The number of nitrogens with two attached hydrogens (primary N) is 6. The summed E-state index contributed by atoms with van der Waals surface area (Å²) >= 11 is 17.8. The molecule has 0 aliphatic rings. The van der Waals surface area contributed by atoms with Crippen LogP contribution in [0, 0.1) is 0 Å². The molecule has 0 fully saturated rings. The fourth-order valence-corrected chi connectivity index (χ4v) is 9.27. The summed E-state index contributed by atoms with van der Waals surface area (Å²) in [6.07, 6.45) is 3.24. The molecule has 4 rings (SSSR count). The number of carbonyl (C=O) groups excluding carboxylic acids is 8. The van der Waals surface area contributed by atoms with Gasteiger partial charge in [-0.1, -0.05) is 0 Å². The number of rotatable bonds is 35. The number of ether oxygens (including phenoxy) is 4. The third-order valence-electron chi connectivity index (χ3n) is 13.3. The summed E-state index contributed by atoms with van der Waals surface area (Å²) in [6.45, 7) is 0.916. The van der Waals surface area contributed by atoms with E-state index in [0.717, 1.165) is 0 Å². The highest BCUT2D eigenvalue weighted by Gasteiger charge is 2.43. The smallest absolute Gasteiger partial charge is 0.255 e. The van der Waals surface area contributed by atoms with Gasteiger partial charge in [0.15, 0.2) is 0 Å². The summed E-state index contributed by atoms with van der Waals surface area (Å²) in [7, 11) is 5.39. The molecular formula is C56H79N13O12S4. The zero-order valence-electron chi connectivity index (χ0n) is 47.8. The Hall–Kier alpha value is -6.96. The summed E-state index contributed by atoms with van der Waals surface area (Å²) in [4.78, 5) is 110. The molecule has 0 aromatic heterocycles. The molecule has 0 unspecified atom stereocenters. The normalized spacial score (nSPS) is 12.7. The summed E-state index contributed by atoms with van der Waals surface area (Å²) in [5.74, 6) is -5.04. The zero-order valence-corrected chi connectivity index (χ0v) is 51.4. The zero-order chi connectivity index (χ0) is 63.0. The van der Waals surface area contributed by atoms with Crippen molar-refractivity contribution in [1.82, 2.24) is 16.0 Å². The minimum atomic E-state index is -1.27. The number of amides is 8. The molecule has 8 amide bonds. The van der Waals surface area contributed by atoms with Crippen LogP contribution in [0.2, 0.25) is 0 Å². The lowest BCUT2D eigenvalue weighted by Crippen LogP contribution is -2.49. The van der Waals surface area contributed by atoms with Gasteiger partial charge in [0.25, 0.3) is 23.6 Å². The summed E-state index contributed by atoms with van der Waals surface area (Å²) in [6, 6.07) is 12.6. The molecule has 85 heavy (non-hydrogen) atoms. The van der Waals surface area contributed by atoms with Crippen LogP contribution in [-0.4, -0.2) is 134 Å². The molecule has 0 radical (unpaired) electrons. The molecule has 0 saturated carbocycles. The van der Waals surface area contributed by atoms with E-state index < -0.39 is 79.6 Å². The van der Waals surface area contributed by atoms with E-state index in [-0.39, 0.29) is 100 Å². The highest BCUT2D eigenvalue weighted by atomic mass is 32.2. The molecule has 25 nitrogen and oxygen atoms in total. The lowest BCUT2D eigenvalue weighted by atomic mass is 10.1. The van der Waals surface area contributed by atoms with Crippen molar-refractivity contribution in [2.24, 2.45) is 34.4 Å². The van der Waals surface area contributed by atoms with Crippen molar-refractivity contribution in [2.45, 2.75) is 96.5 Å². The summed E-state index contributed by atoms with van der Waals surface area (Å²) < 4.78 is 19.3. The third kappa shape index (κ3) is 20.6. The second kappa shape index (κ2) is 34.3. The van der Waals surface area contributed by atoms with E-state index in [4.69, 9.17) is 53.3 Å². The van der Waals surface area contributed by atoms with Gasteiger partial charge in [0.05, 0.1) is 64.9 Å². The van der Waals surface area contributed by atoms with E-state index in [2.05, 4.69) is 87.7 Å². The van der Waals surface area contributed by atoms with Crippen LogP contribution < -0.4 is 90.6 Å². The van der Waals surface area contributed by atoms with Crippen LogP contribution in [0.4, 0.5) is 22.7 Å². The average molecular weight is 1250 g/mol. The van der Waals surface area contributed by atoms with Gasteiger partial charge in [-0.05, 0) is 157 Å². The van der Waals surface area contributed by atoms with Crippen LogP contribution in [0.25, 0.3) is 0 Å². The van der Waals surface area contributed by atoms with Crippen molar-refractivity contribution in [3.05, 3.63) is 95.1 Å². The number of methoxy groups -OCH3 is 4. The minimum absolute atomic E-state index is 0.0294. The maximum atomic E-state index is 14.3. The fraction of sp³-hybridized carbons (Fsp3) is 0.429. The SMILES string of the molecule is COc1ccc(NC(=O)[C@H](CCCCN)NC(=O)c2cc(NC(=O)[C@H](CCCCN)NC(=O)c3cc(NC(=O)[C@H](CCCCN)NC(=O)c4cc(NC(=O)[C@@H](N)CC(S)(S)C(S)(S)CN)ccc4OC)ccc3OC)ccc2OC)cc1C(N)=O. The number of hydrogen-bond acceptors (Lipinski definition) is 21. The molecule has 0 spiro atoms. The van der Waals surface area contributed by atoms with Gasteiger partial charge in [-0.25, -0.2) is 0 Å². The van der Waals surface area contributed by atoms with Crippen molar-refractivity contribution in [1.29, 1.82) is 0 Å². The molecule has 4 aromatic rings. The Labute approximate surface area is 516 Å².